The second-order valence-electron chi connectivity index (χ2n) is 3.89. The first-order chi connectivity index (χ1) is 7.08. The summed E-state index contributed by atoms with van der Waals surface area (Å²) in [5, 5.41) is 8.82. The van der Waals surface area contributed by atoms with Crippen LogP contribution in [0.1, 0.15) is 43.1 Å². The minimum atomic E-state index is -0.963. The maximum atomic E-state index is 11.3. The smallest absolute Gasteiger partial charge is 0.312 e. The molecular weight excluding hydrogens is 196 g/mol. The highest BCUT2D eigenvalue weighted by atomic mass is 16.4. The molecule has 1 unspecified atom stereocenters. The number of aromatic amines is 1. The van der Waals surface area contributed by atoms with Gasteiger partial charge in [0.25, 0.3) is 5.56 Å². The number of carboxylic acid groups (broad SMARTS) is 1. The Labute approximate surface area is 86.2 Å². The summed E-state index contributed by atoms with van der Waals surface area (Å²) in [7, 11) is 0. The average molecular weight is 208 g/mol. The lowest BCUT2D eigenvalue weighted by Crippen LogP contribution is -2.17. The highest BCUT2D eigenvalue weighted by Gasteiger charge is 2.27. The molecule has 5 heteroatoms. The van der Waals surface area contributed by atoms with Crippen LogP contribution in [0.4, 0.5) is 0 Å². The first kappa shape index (κ1) is 9.89. The van der Waals surface area contributed by atoms with E-state index < -0.39 is 11.9 Å². The van der Waals surface area contributed by atoms with E-state index in [1.165, 1.54) is 13.0 Å². The molecule has 0 aliphatic heterocycles. The Morgan fingerprint density at radius 1 is 1.67 bits per heavy atom. The van der Waals surface area contributed by atoms with Crippen LogP contribution in [0, 0.1) is 0 Å². The van der Waals surface area contributed by atoms with E-state index in [0.717, 1.165) is 12.8 Å². The van der Waals surface area contributed by atoms with E-state index in [-0.39, 0.29) is 5.56 Å². The average Bonchev–Trinajstić information content (AvgIpc) is 2.98. The maximum absolute atomic E-state index is 11.3. The summed E-state index contributed by atoms with van der Waals surface area (Å²) in [6.45, 7) is 1.53. The molecule has 1 fully saturated rings. The fraction of sp³-hybridized carbons (Fsp3) is 0.500. The third kappa shape index (κ3) is 2.06. The van der Waals surface area contributed by atoms with Crippen LogP contribution in [0.3, 0.4) is 0 Å². The number of rotatable bonds is 3. The van der Waals surface area contributed by atoms with E-state index in [9.17, 15) is 9.59 Å². The number of hydrogen-bond donors (Lipinski definition) is 2. The lowest BCUT2D eigenvalue weighted by molar-refractivity contribution is -0.138. The molecule has 0 bridgehead atoms. The van der Waals surface area contributed by atoms with E-state index in [2.05, 4.69) is 9.97 Å². The van der Waals surface area contributed by atoms with Gasteiger partial charge in [-0.1, -0.05) is 0 Å². The molecule has 1 atom stereocenters. The van der Waals surface area contributed by atoms with Crippen LogP contribution >= 0.6 is 0 Å². The Hall–Kier alpha value is -1.65. The fourth-order valence-electron chi connectivity index (χ4n) is 1.39. The highest BCUT2D eigenvalue weighted by molar-refractivity contribution is 5.74. The third-order valence-electron chi connectivity index (χ3n) is 2.56. The van der Waals surface area contributed by atoms with E-state index >= 15 is 0 Å². The van der Waals surface area contributed by atoms with Crippen LogP contribution < -0.4 is 5.56 Å². The Kier molecular flexibility index (Phi) is 2.30. The highest BCUT2D eigenvalue weighted by Crippen LogP contribution is 2.37. The topological polar surface area (TPSA) is 83.0 Å². The Morgan fingerprint density at radius 2 is 2.33 bits per heavy atom. The molecule has 0 radical (unpaired) electrons. The maximum Gasteiger partial charge on any atom is 0.312 e. The number of carbonyl (C=O) groups is 1. The summed E-state index contributed by atoms with van der Waals surface area (Å²) < 4.78 is 0. The molecule has 1 aliphatic carbocycles. The second-order valence-corrected chi connectivity index (χ2v) is 3.89. The summed E-state index contributed by atoms with van der Waals surface area (Å²) in [5.74, 6) is -0.746. The zero-order valence-corrected chi connectivity index (χ0v) is 8.36. The summed E-state index contributed by atoms with van der Waals surface area (Å²) >= 11 is 0. The van der Waals surface area contributed by atoms with Crippen LogP contribution in [-0.2, 0) is 4.79 Å². The molecule has 1 aromatic heterocycles. The number of nitrogens with one attached hydrogen (secondary N) is 1. The molecule has 1 heterocycles. The molecule has 5 nitrogen and oxygen atoms in total. The standard InChI is InChI=1S/C10H12N2O3/c1-5(10(14)15)7-4-8(13)12-9(11-7)6-2-3-6/h4-6H,2-3H2,1H3,(H,14,15)(H,11,12,13). The zero-order valence-electron chi connectivity index (χ0n) is 8.36. The van der Waals surface area contributed by atoms with E-state index in [1.54, 1.807) is 0 Å². The van der Waals surface area contributed by atoms with Crippen molar-refractivity contribution in [3.63, 3.8) is 0 Å². The molecule has 0 amide bonds. The third-order valence-corrected chi connectivity index (χ3v) is 2.56. The van der Waals surface area contributed by atoms with Crippen molar-refractivity contribution < 1.29 is 9.90 Å². The van der Waals surface area contributed by atoms with Crippen molar-refractivity contribution in [2.75, 3.05) is 0 Å². The first-order valence-corrected chi connectivity index (χ1v) is 4.92. The van der Waals surface area contributed by atoms with Crippen molar-refractivity contribution in [2.24, 2.45) is 0 Å². The van der Waals surface area contributed by atoms with Crippen LogP contribution in [0.5, 0.6) is 0 Å². The van der Waals surface area contributed by atoms with Gasteiger partial charge in [0.1, 0.15) is 5.82 Å². The number of aromatic nitrogens is 2. The van der Waals surface area contributed by atoms with Gasteiger partial charge in [-0.3, -0.25) is 9.59 Å². The molecule has 0 aromatic carbocycles. The summed E-state index contributed by atoms with van der Waals surface area (Å²) in [6, 6.07) is 1.25. The largest absolute Gasteiger partial charge is 0.481 e. The van der Waals surface area contributed by atoms with Crippen LogP contribution in [-0.4, -0.2) is 21.0 Å². The van der Waals surface area contributed by atoms with Crippen molar-refractivity contribution >= 4 is 5.97 Å². The Balaban J connectivity index is 2.38. The van der Waals surface area contributed by atoms with Gasteiger partial charge < -0.3 is 10.1 Å². The molecule has 0 saturated heterocycles. The number of nitrogens with zero attached hydrogens (tertiary/aromatic N) is 1. The molecule has 1 saturated carbocycles. The summed E-state index contributed by atoms with van der Waals surface area (Å²) in [4.78, 5) is 28.9. The fourth-order valence-corrected chi connectivity index (χ4v) is 1.39. The predicted octanol–water partition coefficient (Wildman–Crippen LogP) is 0.835. The van der Waals surface area contributed by atoms with Gasteiger partial charge in [-0.15, -0.1) is 0 Å². The van der Waals surface area contributed by atoms with Crippen molar-refractivity contribution in [3.8, 4) is 0 Å². The number of aliphatic carboxylic acids is 1. The lowest BCUT2D eigenvalue weighted by atomic mass is 10.1. The van der Waals surface area contributed by atoms with Gasteiger partial charge in [-0.25, -0.2) is 4.98 Å². The quantitative estimate of drug-likeness (QED) is 0.770. The molecule has 2 rings (SSSR count). The SMILES string of the molecule is CC(C(=O)O)c1cc(=O)[nH]c(C2CC2)n1. The Morgan fingerprint density at radius 3 is 2.87 bits per heavy atom. The molecular formula is C10H12N2O3. The van der Waals surface area contributed by atoms with Gasteiger partial charge in [-0.05, 0) is 19.8 Å². The number of carboxylic acids is 1. The molecule has 1 aliphatic rings. The molecule has 15 heavy (non-hydrogen) atoms. The molecule has 2 N–H and O–H groups in total. The second kappa shape index (κ2) is 3.49. The lowest BCUT2D eigenvalue weighted by Gasteiger charge is -2.06. The predicted molar refractivity (Wildman–Crippen MR) is 52.9 cm³/mol. The Bertz CT molecular complexity index is 448. The van der Waals surface area contributed by atoms with Gasteiger partial charge in [0, 0.05) is 12.0 Å². The zero-order chi connectivity index (χ0) is 11.0. The summed E-state index contributed by atoms with van der Waals surface area (Å²) in [5.41, 5.74) is 0.0724. The van der Waals surface area contributed by atoms with Crippen LogP contribution in [0.25, 0.3) is 0 Å². The van der Waals surface area contributed by atoms with Crippen molar-refractivity contribution in [3.05, 3.63) is 27.9 Å². The monoisotopic (exact) mass is 208 g/mol. The van der Waals surface area contributed by atoms with Crippen molar-refractivity contribution in [1.82, 2.24) is 9.97 Å². The van der Waals surface area contributed by atoms with Gasteiger partial charge in [0.15, 0.2) is 0 Å². The molecule has 0 spiro atoms. The number of H-pyrrole nitrogens is 1. The molecule has 80 valence electrons. The minimum Gasteiger partial charge on any atom is -0.481 e. The van der Waals surface area contributed by atoms with E-state index in [4.69, 9.17) is 5.11 Å². The van der Waals surface area contributed by atoms with Gasteiger partial charge in [0.05, 0.1) is 11.6 Å². The van der Waals surface area contributed by atoms with Gasteiger partial charge in [-0.2, -0.15) is 0 Å². The number of hydrogen-bond acceptors (Lipinski definition) is 3. The summed E-state index contributed by atoms with van der Waals surface area (Å²) in [6.07, 6.45) is 2.04. The van der Waals surface area contributed by atoms with Crippen LogP contribution in [0.2, 0.25) is 0 Å². The molecule has 1 aromatic rings. The van der Waals surface area contributed by atoms with Crippen molar-refractivity contribution in [2.45, 2.75) is 31.6 Å². The van der Waals surface area contributed by atoms with E-state index in [0.29, 0.717) is 17.4 Å². The van der Waals surface area contributed by atoms with Crippen LogP contribution in [0.15, 0.2) is 10.9 Å². The minimum absolute atomic E-state index is 0.269. The van der Waals surface area contributed by atoms with Crippen molar-refractivity contribution in [1.29, 1.82) is 0 Å². The van der Waals surface area contributed by atoms with Gasteiger partial charge in [0.2, 0.25) is 0 Å². The van der Waals surface area contributed by atoms with Gasteiger partial charge >= 0.3 is 5.97 Å². The van der Waals surface area contributed by atoms with E-state index in [1.807, 2.05) is 0 Å². The first-order valence-electron chi connectivity index (χ1n) is 4.92. The normalized spacial score (nSPS) is 17.4.